The second-order valence-electron chi connectivity index (χ2n) is 9.56. The smallest absolute Gasteiger partial charge is 0.326 e. The van der Waals surface area contributed by atoms with Gasteiger partial charge in [0.1, 0.15) is 12.1 Å². The zero-order chi connectivity index (χ0) is 26.9. The summed E-state index contributed by atoms with van der Waals surface area (Å²) in [5, 5.41) is 36.0. The van der Waals surface area contributed by atoms with E-state index in [1.807, 2.05) is 13.8 Å². The molecule has 4 atom stereocenters. The Morgan fingerprint density at radius 1 is 0.941 bits per heavy atom. The molecule has 0 spiro atoms. The number of rotatable bonds is 15. The maximum absolute atomic E-state index is 13.1. The summed E-state index contributed by atoms with van der Waals surface area (Å²) in [6, 6.07) is -2.79. The van der Waals surface area contributed by atoms with E-state index < -0.39 is 65.3 Å². The first-order valence-electron chi connectivity index (χ1n) is 11.3. The van der Waals surface area contributed by atoms with Gasteiger partial charge in [0, 0.05) is 12.8 Å². The highest BCUT2D eigenvalue weighted by Gasteiger charge is 2.50. The number of hydrogen-bond donors (Lipinski definition) is 7. The molecule has 0 bridgehead atoms. The second-order valence-corrected chi connectivity index (χ2v) is 9.56. The minimum Gasteiger partial charge on any atom is -0.481 e. The van der Waals surface area contributed by atoms with Gasteiger partial charge in [-0.2, -0.15) is 0 Å². The van der Waals surface area contributed by atoms with Crippen molar-refractivity contribution in [3.8, 4) is 0 Å². The average Bonchev–Trinajstić information content (AvgIpc) is 2.70. The Labute approximate surface area is 200 Å². The van der Waals surface area contributed by atoms with Crippen LogP contribution in [-0.4, -0.2) is 68.3 Å². The van der Waals surface area contributed by atoms with Gasteiger partial charge in [0.25, 0.3) is 5.91 Å². The van der Waals surface area contributed by atoms with Crippen LogP contribution in [-0.2, 0) is 24.0 Å². The fraction of sp³-hybridized carbons (Fsp3) is 0.773. The summed E-state index contributed by atoms with van der Waals surface area (Å²) >= 11 is 0. The van der Waals surface area contributed by atoms with Crippen molar-refractivity contribution in [1.29, 1.82) is 0 Å². The van der Waals surface area contributed by atoms with Gasteiger partial charge in [-0.1, -0.05) is 34.1 Å². The first-order valence-corrected chi connectivity index (χ1v) is 11.3. The van der Waals surface area contributed by atoms with Crippen LogP contribution in [0.3, 0.4) is 0 Å². The third kappa shape index (κ3) is 9.64. The lowest BCUT2D eigenvalue weighted by molar-refractivity contribution is -0.159. The summed E-state index contributed by atoms with van der Waals surface area (Å²) in [4.78, 5) is 60.4. The quantitative estimate of drug-likeness (QED) is 0.154. The van der Waals surface area contributed by atoms with Gasteiger partial charge in [-0.05, 0) is 38.5 Å². The molecular weight excluding hydrogens is 448 g/mol. The van der Waals surface area contributed by atoms with Crippen LogP contribution in [0.2, 0.25) is 0 Å². The van der Waals surface area contributed by atoms with Gasteiger partial charge in [-0.15, -0.1) is 0 Å². The van der Waals surface area contributed by atoms with Gasteiger partial charge in [-0.3, -0.25) is 19.2 Å². The Kier molecular flexibility index (Phi) is 12.2. The Balaban J connectivity index is 5.63. The average molecular weight is 489 g/mol. The van der Waals surface area contributed by atoms with Gasteiger partial charge in [0.2, 0.25) is 17.5 Å². The molecule has 0 aromatic carbocycles. The third-order valence-electron chi connectivity index (χ3n) is 5.64. The lowest BCUT2D eigenvalue weighted by atomic mass is 9.89. The highest BCUT2D eigenvalue weighted by atomic mass is 16.4. The number of aliphatic carboxylic acids is 2. The predicted octanol–water partition coefficient (Wildman–Crippen LogP) is -0.0702. The SMILES string of the molecule is CCC(C)CCC(=O)N[C@](O)(C(=O)N[C@H](C(=O)N[C@@H](CCC(=O)O)C(=O)O)C(C)C)C(C)(C)N. The van der Waals surface area contributed by atoms with Crippen LogP contribution in [0, 0.1) is 11.8 Å². The molecule has 0 saturated heterocycles. The van der Waals surface area contributed by atoms with Gasteiger partial charge in [-0.25, -0.2) is 4.79 Å². The van der Waals surface area contributed by atoms with E-state index in [2.05, 4.69) is 16.0 Å². The Morgan fingerprint density at radius 2 is 1.50 bits per heavy atom. The van der Waals surface area contributed by atoms with E-state index in [0.717, 1.165) is 6.42 Å². The summed E-state index contributed by atoms with van der Waals surface area (Å²) in [5.41, 5.74) is 1.79. The van der Waals surface area contributed by atoms with Crippen molar-refractivity contribution in [2.24, 2.45) is 17.6 Å². The van der Waals surface area contributed by atoms with Crippen LogP contribution in [0.15, 0.2) is 0 Å². The Hall–Kier alpha value is -2.73. The zero-order valence-electron chi connectivity index (χ0n) is 20.8. The monoisotopic (exact) mass is 488 g/mol. The molecule has 34 heavy (non-hydrogen) atoms. The molecule has 0 aliphatic heterocycles. The first-order chi connectivity index (χ1) is 15.5. The summed E-state index contributed by atoms with van der Waals surface area (Å²) in [5.74, 6) is -5.57. The van der Waals surface area contributed by atoms with Crippen LogP contribution in [0.1, 0.15) is 73.6 Å². The number of carbonyl (C=O) groups is 5. The highest BCUT2D eigenvalue weighted by Crippen LogP contribution is 2.19. The molecule has 8 N–H and O–H groups in total. The van der Waals surface area contributed by atoms with Gasteiger partial charge >= 0.3 is 11.9 Å². The van der Waals surface area contributed by atoms with E-state index in [9.17, 15) is 34.2 Å². The van der Waals surface area contributed by atoms with Crippen LogP contribution in [0.4, 0.5) is 0 Å². The van der Waals surface area contributed by atoms with Crippen LogP contribution < -0.4 is 21.7 Å². The van der Waals surface area contributed by atoms with Crippen molar-refractivity contribution in [1.82, 2.24) is 16.0 Å². The largest absolute Gasteiger partial charge is 0.481 e. The fourth-order valence-electron chi connectivity index (χ4n) is 2.92. The van der Waals surface area contributed by atoms with Crippen molar-refractivity contribution in [2.45, 2.75) is 97.0 Å². The van der Waals surface area contributed by atoms with Crippen molar-refractivity contribution in [3.63, 3.8) is 0 Å². The molecule has 0 aromatic rings. The van der Waals surface area contributed by atoms with Crippen molar-refractivity contribution >= 4 is 29.7 Å². The van der Waals surface area contributed by atoms with Crippen LogP contribution in [0.25, 0.3) is 0 Å². The molecule has 1 unspecified atom stereocenters. The minimum absolute atomic E-state index is 0.0542. The minimum atomic E-state index is -2.57. The van der Waals surface area contributed by atoms with Crippen molar-refractivity contribution in [2.75, 3.05) is 0 Å². The number of carboxylic acid groups (broad SMARTS) is 2. The molecule has 12 heteroatoms. The lowest BCUT2D eigenvalue weighted by Crippen LogP contribution is -2.74. The molecule has 0 heterocycles. The van der Waals surface area contributed by atoms with E-state index in [-0.39, 0.29) is 18.8 Å². The molecule has 0 radical (unpaired) electrons. The maximum Gasteiger partial charge on any atom is 0.326 e. The molecular formula is C22H40N4O8. The van der Waals surface area contributed by atoms with Gasteiger partial charge in [0.15, 0.2) is 0 Å². The summed E-state index contributed by atoms with van der Waals surface area (Å²) in [6.45, 7) is 9.76. The molecule has 12 nitrogen and oxygen atoms in total. The zero-order valence-corrected chi connectivity index (χ0v) is 20.8. The first kappa shape index (κ1) is 31.3. The molecule has 0 fully saturated rings. The van der Waals surface area contributed by atoms with Gasteiger partial charge < -0.3 is 37.0 Å². The molecule has 0 aliphatic carbocycles. The maximum atomic E-state index is 13.1. The number of amides is 3. The summed E-state index contributed by atoms with van der Waals surface area (Å²) in [7, 11) is 0. The number of nitrogens with one attached hydrogen (secondary N) is 3. The highest BCUT2D eigenvalue weighted by molar-refractivity contribution is 5.95. The number of nitrogens with two attached hydrogens (primary N) is 1. The lowest BCUT2D eigenvalue weighted by Gasteiger charge is -2.40. The number of hydrogen-bond acceptors (Lipinski definition) is 7. The standard InChI is InChI=1S/C22H40N4O8/c1-7-13(4)8-10-15(27)26-22(34,21(5,6)23)20(33)25-17(12(2)3)18(30)24-14(19(31)32)9-11-16(28)29/h12-14,17,34H,7-11,23H2,1-6H3,(H,24,30)(H,25,33)(H,26,27)(H,28,29)(H,31,32)/t13?,14-,17-,22-/m0/s1. The number of aliphatic hydroxyl groups is 1. The summed E-state index contributed by atoms with van der Waals surface area (Å²) in [6.07, 6.45) is 0.601. The Bertz CT molecular complexity index is 750. The summed E-state index contributed by atoms with van der Waals surface area (Å²) < 4.78 is 0. The Morgan fingerprint density at radius 3 is 1.91 bits per heavy atom. The van der Waals surface area contributed by atoms with E-state index in [1.165, 1.54) is 13.8 Å². The molecule has 0 rings (SSSR count). The number of carboxylic acids is 2. The van der Waals surface area contributed by atoms with Crippen LogP contribution >= 0.6 is 0 Å². The molecule has 0 aliphatic rings. The van der Waals surface area contributed by atoms with Crippen LogP contribution in [0.5, 0.6) is 0 Å². The van der Waals surface area contributed by atoms with E-state index >= 15 is 0 Å². The van der Waals surface area contributed by atoms with E-state index in [4.69, 9.17) is 10.8 Å². The van der Waals surface area contributed by atoms with E-state index in [0.29, 0.717) is 6.42 Å². The van der Waals surface area contributed by atoms with E-state index in [1.54, 1.807) is 13.8 Å². The molecule has 3 amide bonds. The molecule has 196 valence electrons. The molecule has 0 saturated carbocycles. The second kappa shape index (κ2) is 13.2. The molecule has 0 aromatic heterocycles. The van der Waals surface area contributed by atoms with Gasteiger partial charge in [0.05, 0.1) is 5.54 Å². The fourth-order valence-corrected chi connectivity index (χ4v) is 2.92. The van der Waals surface area contributed by atoms with Crippen molar-refractivity contribution in [3.05, 3.63) is 0 Å². The third-order valence-corrected chi connectivity index (χ3v) is 5.64. The number of carbonyl (C=O) groups excluding carboxylic acids is 3. The topological polar surface area (TPSA) is 208 Å². The predicted molar refractivity (Wildman–Crippen MR) is 123 cm³/mol. The normalized spacial score (nSPS) is 16.0. The van der Waals surface area contributed by atoms with Crippen molar-refractivity contribution < 1.29 is 39.3 Å².